The molecule has 7 nitrogen and oxygen atoms in total. The number of anilines is 1. The van der Waals surface area contributed by atoms with Crippen molar-refractivity contribution in [2.45, 2.75) is 32.1 Å². The molecule has 0 saturated carbocycles. The van der Waals surface area contributed by atoms with Crippen LogP contribution in [-0.4, -0.2) is 29.8 Å². The molecule has 0 aromatic heterocycles. The maximum Gasteiger partial charge on any atom is 0.310 e. The predicted molar refractivity (Wildman–Crippen MR) is 73.1 cm³/mol. The Labute approximate surface area is 117 Å². The lowest BCUT2D eigenvalue weighted by molar-refractivity contribution is -0.139. The summed E-state index contributed by atoms with van der Waals surface area (Å²) >= 11 is 0. The smallest absolute Gasteiger partial charge is 0.310 e. The topological polar surface area (TPSA) is 135 Å². The van der Waals surface area contributed by atoms with Gasteiger partial charge in [-0.2, -0.15) is 8.42 Å². The summed E-state index contributed by atoms with van der Waals surface area (Å²) in [5.74, 6) is -1.37. The Morgan fingerprint density at radius 3 is 2.05 bits per heavy atom. The molecule has 20 heavy (non-hydrogen) atoms. The number of ketones is 1. The van der Waals surface area contributed by atoms with Crippen LogP contribution < -0.4 is 5.73 Å². The third-order valence-corrected chi connectivity index (χ3v) is 3.06. The number of rotatable bonds is 3. The molecule has 0 amide bonds. The zero-order chi connectivity index (χ0) is 16.1. The molecule has 0 fully saturated rings. The van der Waals surface area contributed by atoms with Gasteiger partial charge in [0.2, 0.25) is 0 Å². The summed E-state index contributed by atoms with van der Waals surface area (Å²) in [6.07, 6.45) is -0.361. The van der Waals surface area contributed by atoms with E-state index in [1.54, 1.807) is 19.9 Å². The number of hydrogen-bond acceptors (Lipinski definition) is 5. The normalized spacial score (nSPS) is 10.4. The van der Waals surface area contributed by atoms with Crippen LogP contribution in [0.25, 0.3) is 0 Å². The Balaban J connectivity index is 0.000000441. The molecule has 0 atom stereocenters. The predicted octanol–water partition coefficient (Wildman–Crippen LogP) is 1.18. The molecule has 0 aliphatic carbocycles. The van der Waals surface area contributed by atoms with Crippen LogP contribution in [0.3, 0.4) is 0 Å². The Hall–Kier alpha value is -1.93. The number of nitrogens with two attached hydrogens (primary N) is 1. The summed E-state index contributed by atoms with van der Waals surface area (Å²) in [6.45, 7) is 4.67. The zero-order valence-electron chi connectivity index (χ0n) is 11.4. The average molecular weight is 303 g/mol. The number of hydrogen-bond donors (Lipinski definition) is 3. The van der Waals surface area contributed by atoms with Crippen molar-refractivity contribution in [3.63, 3.8) is 0 Å². The third-order valence-electron chi connectivity index (χ3n) is 2.17. The number of aryl methyl sites for hydroxylation is 2. The molecule has 0 aliphatic rings. The lowest BCUT2D eigenvalue weighted by Crippen LogP contribution is -2.05. The fourth-order valence-corrected chi connectivity index (χ4v) is 2.14. The second kappa shape index (κ2) is 7.01. The van der Waals surface area contributed by atoms with Crippen LogP contribution >= 0.6 is 0 Å². The van der Waals surface area contributed by atoms with Gasteiger partial charge in [-0.25, -0.2) is 0 Å². The quantitative estimate of drug-likeness (QED) is 0.433. The van der Waals surface area contributed by atoms with Crippen molar-refractivity contribution in [3.8, 4) is 0 Å². The number of Topliss-reactive ketones (excluding diaryl/α,β-unsaturated/α-hetero) is 1. The average Bonchev–Trinajstić information content (AvgIpc) is 2.20. The first kappa shape index (κ1) is 18.1. The van der Waals surface area contributed by atoms with Gasteiger partial charge in [-0.1, -0.05) is 6.07 Å². The second-order valence-electron chi connectivity index (χ2n) is 4.24. The van der Waals surface area contributed by atoms with E-state index in [9.17, 15) is 18.0 Å². The minimum atomic E-state index is -4.20. The molecule has 112 valence electrons. The van der Waals surface area contributed by atoms with Crippen molar-refractivity contribution in [1.29, 1.82) is 0 Å². The largest absolute Gasteiger partial charge is 0.481 e. The number of carboxylic acid groups (broad SMARTS) is 1. The molecule has 0 bridgehead atoms. The van der Waals surface area contributed by atoms with Crippen LogP contribution in [0, 0.1) is 13.8 Å². The summed E-state index contributed by atoms with van der Waals surface area (Å²) in [6, 6.07) is 3.10. The van der Waals surface area contributed by atoms with Gasteiger partial charge in [0.05, 0.1) is 5.69 Å². The Bertz CT molecular complexity index is 609. The van der Waals surface area contributed by atoms with Crippen LogP contribution in [0.4, 0.5) is 5.69 Å². The highest BCUT2D eigenvalue weighted by Crippen LogP contribution is 2.23. The third kappa shape index (κ3) is 6.30. The van der Waals surface area contributed by atoms with E-state index in [4.69, 9.17) is 15.4 Å². The maximum atomic E-state index is 10.8. The fourth-order valence-electron chi connectivity index (χ4n) is 1.37. The summed E-state index contributed by atoms with van der Waals surface area (Å²) in [7, 11) is -4.20. The van der Waals surface area contributed by atoms with E-state index in [1.807, 2.05) is 0 Å². The van der Waals surface area contributed by atoms with Crippen LogP contribution in [0.2, 0.25) is 0 Å². The lowest BCUT2D eigenvalue weighted by atomic mass is 10.1. The molecular formula is C12H17NO6S. The second-order valence-corrected chi connectivity index (χ2v) is 5.63. The Morgan fingerprint density at radius 1 is 1.25 bits per heavy atom. The summed E-state index contributed by atoms with van der Waals surface area (Å²) in [5.41, 5.74) is 7.00. The fraction of sp³-hybridized carbons (Fsp3) is 0.333. The summed E-state index contributed by atoms with van der Waals surface area (Å²) in [5, 5.41) is 7.86. The minimum absolute atomic E-state index is 0.105. The highest BCUT2D eigenvalue weighted by molar-refractivity contribution is 7.86. The highest BCUT2D eigenvalue weighted by Gasteiger charge is 2.15. The number of benzene rings is 1. The van der Waals surface area contributed by atoms with Gasteiger partial charge >= 0.3 is 5.97 Å². The molecule has 0 heterocycles. The molecular weight excluding hydrogens is 286 g/mol. The SMILES string of the molecule is CC(=O)CC(=O)O.Cc1cc(C)c(N)c(S(=O)(=O)O)c1. The van der Waals surface area contributed by atoms with E-state index in [1.165, 1.54) is 13.0 Å². The van der Waals surface area contributed by atoms with Crippen molar-refractivity contribution in [2.75, 3.05) is 5.73 Å². The molecule has 1 aromatic rings. The Morgan fingerprint density at radius 2 is 1.75 bits per heavy atom. The van der Waals surface area contributed by atoms with Gasteiger partial charge in [-0.3, -0.25) is 14.1 Å². The van der Waals surface area contributed by atoms with Crippen molar-refractivity contribution < 1.29 is 27.7 Å². The first-order valence-electron chi connectivity index (χ1n) is 5.50. The molecule has 0 spiro atoms. The van der Waals surface area contributed by atoms with Crippen molar-refractivity contribution >= 4 is 27.6 Å². The van der Waals surface area contributed by atoms with E-state index in [-0.39, 0.29) is 22.8 Å². The number of nitrogen functional groups attached to an aromatic ring is 1. The number of carboxylic acids is 1. The summed E-state index contributed by atoms with van der Waals surface area (Å²) in [4.78, 5) is 19.2. The molecule has 1 rings (SSSR count). The lowest BCUT2D eigenvalue weighted by Gasteiger charge is -2.06. The van der Waals surface area contributed by atoms with Crippen molar-refractivity contribution in [1.82, 2.24) is 0 Å². The van der Waals surface area contributed by atoms with Gasteiger partial charge in [0.25, 0.3) is 10.1 Å². The van der Waals surface area contributed by atoms with Crippen molar-refractivity contribution in [2.24, 2.45) is 0 Å². The molecule has 4 N–H and O–H groups in total. The minimum Gasteiger partial charge on any atom is -0.481 e. The summed E-state index contributed by atoms with van der Waals surface area (Å²) < 4.78 is 30.5. The van der Waals surface area contributed by atoms with Gasteiger partial charge in [0, 0.05) is 0 Å². The van der Waals surface area contributed by atoms with E-state index < -0.39 is 16.1 Å². The van der Waals surface area contributed by atoms with Gasteiger partial charge < -0.3 is 10.8 Å². The number of aliphatic carboxylic acids is 1. The van der Waals surface area contributed by atoms with Gasteiger partial charge in [-0.05, 0) is 38.0 Å². The van der Waals surface area contributed by atoms with E-state index in [2.05, 4.69) is 0 Å². The van der Waals surface area contributed by atoms with Crippen LogP contribution in [0.15, 0.2) is 17.0 Å². The first-order chi connectivity index (χ1) is 8.95. The monoisotopic (exact) mass is 303 g/mol. The molecule has 0 aliphatic heterocycles. The van der Waals surface area contributed by atoms with Crippen LogP contribution in [0.5, 0.6) is 0 Å². The molecule has 0 radical (unpaired) electrons. The molecule has 0 saturated heterocycles. The van der Waals surface area contributed by atoms with E-state index in [0.29, 0.717) is 5.56 Å². The van der Waals surface area contributed by atoms with Gasteiger partial charge in [0.1, 0.15) is 17.1 Å². The molecule has 8 heteroatoms. The highest BCUT2D eigenvalue weighted by atomic mass is 32.2. The maximum absolute atomic E-state index is 10.8. The number of carbonyl (C=O) groups excluding carboxylic acids is 1. The first-order valence-corrected chi connectivity index (χ1v) is 6.94. The zero-order valence-corrected chi connectivity index (χ0v) is 12.2. The number of carbonyl (C=O) groups is 2. The van der Waals surface area contributed by atoms with E-state index >= 15 is 0 Å². The van der Waals surface area contributed by atoms with Crippen molar-refractivity contribution in [3.05, 3.63) is 23.3 Å². The standard InChI is InChI=1S/C8H11NO3S.C4H6O3/c1-5-3-6(2)8(9)7(4-5)13(10,11)12;1-3(5)2-4(6)7/h3-4H,9H2,1-2H3,(H,10,11,12);2H2,1H3,(H,6,7). The van der Waals surface area contributed by atoms with E-state index in [0.717, 1.165) is 5.56 Å². The van der Waals surface area contributed by atoms with Gasteiger partial charge in [0.15, 0.2) is 0 Å². The van der Waals surface area contributed by atoms with Gasteiger partial charge in [-0.15, -0.1) is 0 Å². The Kier molecular flexibility index (Phi) is 6.34. The van der Waals surface area contributed by atoms with Crippen LogP contribution in [0.1, 0.15) is 24.5 Å². The molecule has 0 unspecified atom stereocenters. The molecule has 1 aromatic carbocycles. The van der Waals surface area contributed by atoms with Crippen LogP contribution in [-0.2, 0) is 19.7 Å².